The van der Waals surface area contributed by atoms with Crippen LogP contribution in [-0.4, -0.2) is 7.05 Å². The summed E-state index contributed by atoms with van der Waals surface area (Å²) in [5.41, 5.74) is 2.91. The first-order chi connectivity index (χ1) is 6.06. The lowest BCUT2D eigenvalue weighted by Crippen LogP contribution is -2.16. The van der Waals surface area contributed by atoms with Crippen molar-refractivity contribution < 1.29 is 0 Å². The van der Waals surface area contributed by atoms with Gasteiger partial charge in [-0.1, -0.05) is 32.1 Å². The van der Waals surface area contributed by atoms with E-state index in [1.807, 2.05) is 7.05 Å². The zero-order valence-corrected chi connectivity index (χ0v) is 9.02. The Balaban J connectivity index is 2.89. The van der Waals surface area contributed by atoms with E-state index in [4.69, 9.17) is 0 Å². The quantitative estimate of drug-likeness (QED) is 0.683. The average Bonchev–Trinajstić information content (AvgIpc) is 2.08. The van der Waals surface area contributed by atoms with Gasteiger partial charge in [0.1, 0.15) is 0 Å². The molecule has 1 nitrogen and oxygen atoms in total. The molecule has 13 heavy (non-hydrogen) atoms. The normalized spacial score (nSPS) is 21.2. The van der Waals surface area contributed by atoms with Crippen LogP contribution >= 0.6 is 0 Å². The third-order valence-electron chi connectivity index (χ3n) is 2.59. The Morgan fingerprint density at radius 2 is 2.23 bits per heavy atom. The maximum atomic E-state index is 3.15. The average molecular weight is 177 g/mol. The molecule has 1 heteroatoms. The number of hydrogen-bond donors (Lipinski definition) is 1. The second kappa shape index (κ2) is 3.82. The van der Waals surface area contributed by atoms with Gasteiger partial charge in [-0.25, -0.2) is 0 Å². The summed E-state index contributed by atoms with van der Waals surface area (Å²) in [6.07, 6.45) is 9.92. The van der Waals surface area contributed by atoms with Gasteiger partial charge in [0.25, 0.3) is 0 Å². The van der Waals surface area contributed by atoms with E-state index in [0.29, 0.717) is 0 Å². The standard InChI is InChI=1S/C12H19N/c1-10(13-4)9-11-7-5-6-8-12(11,2)3/h5-7,9,13H,8H2,1-4H3/b10-9-. The van der Waals surface area contributed by atoms with E-state index < -0.39 is 0 Å². The predicted octanol–water partition coefficient (Wildman–Crippen LogP) is 3.02. The summed E-state index contributed by atoms with van der Waals surface area (Å²) in [6.45, 7) is 6.65. The molecule has 0 saturated carbocycles. The third kappa shape index (κ3) is 2.48. The number of hydrogen-bond acceptors (Lipinski definition) is 1. The summed E-state index contributed by atoms with van der Waals surface area (Å²) in [5.74, 6) is 0. The molecule has 0 amide bonds. The molecule has 72 valence electrons. The molecule has 0 heterocycles. The van der Waals surface area contributed by atoms with Crippen LogP contribution < -0.4 is 5.32 Å². The van der Waals surface area contributed by atoms with E-state index in [1.165, 1.54) is 11.3 Å². The molecule has 0 spiro atoms. The van der Waals surface area contributed by atoms with Crippen LogP contribution in [0.2, 0.25) is 0 Å². The van der Waals surface area contributed by atoms with Crippen molar-refractivity contribution in [3.8, 4) is 0 Å². The van der Waals surface area contributed by atoms with Crippen molar-refractivity contribution in [3.05, 3.63) is 35.6 Å². The maximum Gasteiger partial charge on any atom is 0.00754 e. The monoisotopic (exact) mass is 177 g/mol. The van der Waals surface area contributed by atoms with Gasteiger partial charge >= 0.3 is 0 Å². The van der Waals surface area contributed by atoms with Crippen molar-refractivity contribution in [2.45, 2.75) is 27.2 Å². The molecule has 0 aromatic carbocycles. The summed E-state index contributed by atoms with van der Waals surface area (Å²) in [4.78, 5) is 0. The third-order valence-corrected chi connectivity index (χ3v) is 2.59. The van der Waals surface area contributed by atoms with Crippen LogP contribution in [0.1, 0.15) is 27.2 Å². The van der Waals surface area contributed by atoms with Gasteiger partial charge < -0.3 is 5.32 Å². The predicted molar refractivity (Wildman–Crippen MR) is 58.4 cm³/mol. The van der Waals surface area contributed by atoms with Gasteiger partial charge in [-0.05, 0) is 30.4 Å². The summed E-state index contributed by atoms with van der Waals surface area (Å²) in [5, 5.41) is 3.15. The molecule has 0 unspecified atom stereocenters. The van der Waals surface area contributed by atoms with E-state index in [0.717, 1.165) is 6.42 Å². The molecule has 0 fully saturated rings. The molecule has 1 aliphatic rings. The van der Waals surface area contributed by atoms with Crippen molar-refractivity contribution in [1.82, 2.24) is 5.32 Å². The van der Waals surface area contributed by atoms with Crippen molar-refractivity contribution in [2.75, 3.05) is 7.05 Å². The fourth-order valence-corrected chi connectivity index (χ4v) is 1.43. The Labute approximate surface area is 81.2 Å². The van der Waals surface area contributed by atoms with Crippen LogP contribution in [0.5, 0.6) is 0 Å². The first-order valence-corrected chi connectivity index (χ1v) is 4.79. The Morgan fingerprint density at radius 3 is 2.77 bits per heavy atom. The van der Waals surface area contributed by atoms with E-state index in [1.54, 1.807) is 0 Å². The Bertz CT molecular complexity index is 267. The highest BCUT2D eigenvalue weighted by molar-refractivity contribution is 5.34. The molecule has 0 saturated heterocycles. The first-order valence-electron chi connectivity index (χ1n) is 4.79. The number of nitrogens with one attached hydrogen (secondary N) is 1. The summed E-state index contributed by atoms with van der Waals surface area (Å²) in [7, 11) is 1.96. The molecule has 0 bridgehead atoms. The summed E-state index contributed by atoms with van der Waals surface area (Å²) < 4.78 is 0. The van der Waals surface area contributed by atoms with Gasteiger partial charge in [-0.2, -0.15) is 0 Å². The lowest BCUT2D eigenvalue weighted by molar-refractivity contribution is 0.459. The van der Waals surface area contributed by atoms with Crippen LogP contribution in [0.4, 0.5) is 0 Å². The lowest BCUT2D eigenvalue weighted by Gasteiger charge is -2.27. The Morgan fingerprint density at radius 1 is 1.54 bits per heavy atom. The van der Waals surface area contributed by atoms with E-state index in [-0.39, 0.29) is 5.41 Å². The molecular weight excluding hydrogens is 158 g/mol. The fourth-order valence-electron chi connectivity index (χ4n) is 1.43. The summed E-state index contributed by atoms with van der Waals surface area (Å²) in [6, 6.07) is 0. The zero-order valence-electron chi connectivity index (χ0n) is 9.02. The highest BCUT2D eigenvalue weighted by Crippen LogP contribution is 2.34. The molecule has 1 rings (SSSR count). The maximum absolute atomic E-state index is 3.15. The smallest absolute Gasteiger partial charge is 0.00754 e. The highest BCUT2D eigenvalue weighted by atomic mass is 14.8. The van der Waals surface area contributed by atoms with Crippen molar-refractivity contribution in [3.63, 3.8) is 0 Å². The fraction of sp³-hybridized carbons (Fsp3) is 0.500. The highest BCUT2D eigenvalue weighted by Gasteiger charge is 2.21. The topological polar surface area (TPSA) is 12.0 Å². The minimum atomic E-state index is 0.285. The minimum absolute atomic E-state index is 0.285. The van der Waals surface area contributed by atoms with Gasteiger partial charge in [0.2, 0.25) is 0 Å². The van der Waals surface area contributed by atoms with Crippen molar-refractivity contribution in [1.29, 1.82) is 0 Å². The van der Waals surface area contributed by atoms with E-state index in [2.05, 4.69) is 50.4 Å². The van der Waals surface area contributed by atoms with Crippen LogP contribution in [0.3, 0.4) is 0 Å². The summed E-state index contributed by atoms with van der Waals surface area (Å²) >= 11 is 0. The molecule has 1 N–H and O–H groups in total. The zero-order chi connectivity index (χ0) is 9.90. The van der Waals surface area contributed by atoms with E-state index in [9.17, 15) is 0 Å². The molecule has 1 aliphatic carbocycles. The SMILES string of the molecule is CN/C(C)=C\C1=CC=CCC1(C)C. The van der Waals surface area contributed by atoms with Crippen molar-refractivity contribution in [2.24, 2.45) is 5.41 Å². The van der Waals surface area contributed by atoms with Gasteiger partial charge in [0.05, 0.1) is 0 Å². The molecule has 0 radical (unpaired) electrons. The largest absolute Gasteiger partial charge is 0.392 e. The second-order valence-electron chi connectivity index (χ2n) is 4.22. The van der Waals surface area contributed by atoms with Crippen LogP contribution in [-0.2, 0) is 0 Å². The van der Waals surface area contributed by atoms with Gasteiger partial charge in [0, 0.05) is 12.7 Å². The van der Waals surface area contributed by atoms with Crippen LogP contribution in [0.15, 0.2) is 35.6 Å². The lowest BCUT2D eigenvalue weighted by atomic mass is 9.78. The van der Waals surface area contributed by atoms with E-state index >= 15 is 0 Å². The molecule has 0 aromatic heterocycles. The van der Waals surface area contributed by atoms with Gasteiger partial charge in [0.15, 0.2) is 0 Å². The second-order valence-corrected chi connectivity index (χ2v) is 4.22. The molecular formula is C12H19N. The number of allylic oxidation sites excluding steroid dienone is 6. The molecule has 0 aromatic rings. The number of rotatable bonds is 2. The first kappa shape index (κ1) is 10.1. The van der Waals surface area contributed by atoms with Gasteiger partial charge in [-0.15, -0.1) is 0 Å². The molecule has 0 aliphatic heterocycles. The molecule has 0 atom stereocenters. The Hall–Kier alpha value is -0.980. The minimum Gasteiger partial charge on any atom is -0.392 e. The van der Waals surface area contributed by atoms with Crippen LogP contribution in [0, 0.1) is 5.41 Å². The van der Waals surface area contributed by atoms with Gasteiger partial charge in [-0.3, -0.25) is 0 Å². The van der Waals surface area contributed by atoms with Crippen molar-refractivity contribution >= 4 is 0 Å². The Kier molecular flexibility index (Phi) is 2.97. The van der Waals surface area contributed by atoms with Crippen LogP contribution in [0.25, 0.3) is 0 Å².